The van der Waals surface area contributed by atoms with Crippen LogP contribution in [-0.2, 0) is 0 Å². The van der Waals surface area contributed by atoms with Crippen LogP contribution in [0, 0.1) is 5.82 Å². The van der Waals surface area contributed by atoms with Crippen molar-refractivity contribution >= 4 is 16.9 Å². The fraction of sp³-hybridized carbons (Fsp3) is 0.261. The quantitative estimate of drug-likeness (QED) is 0.486. The number of aliphatic hydroxyl groups is 1. The molecule has 8 nitrogen and oxygen atoms in total. The van der Waals surface area contributed by atoms with Gasteiger partial charge >= 0.3 is 0 Å². The van der Waals surface area contributed by atoms with E-state index in [4.69, 9.17) is 20.3 Å². The monoisotopic (exact) mass is 435 g/mol. The van der Waals surface area contributed by atoms with Gasteiger partial charge in [0.05, 0.1) is 24.6 Å². The highest BCUT2D eigenvalue weighted by molar-refractivity contribution is 5.98. The minimum atomic E-state index is -0.563. The van der Waals surface area contributed by atoms with Gasteiger partial charge in [-0.25, -0.2) is 14.6 Å². The van der Waals surface area contributed by atoms with Crippen molar-refractivity contribution in [3.05, 3.63) is 54.6 Å². The minimum Gasteiger partial charge on any atom is -0.494 e. The van der Waals surface area contributed by atoms with E-state index in [-0.39, 0.29) is 23.6 Å². The van der Waals surface area contributed by atoms with E-state index in [2.05, 4.69) is 9.97 Å². The van der Waals surface area contributed by atoms with E-state index < -0.39 is 5.82 Å². The molecule has 1 aliphatic rings. The Labute approximate surface area is 183 Å². The summed E-state index contributed by atoms with van der Waals surface area (Å²) in [5, 5.41) is 15.4. The molecule has 164 valence electrons. The van der Waals surface area contributed by atoms with E-state index in [1.807, 2.05) is 16.8 Å². The van der Waals surface area contributed by atoms with Crippen LogP contribution in [0.15, 0.2) is 48.8 Å². The van der Waals surface area contributed by atoms with Crippen LogP contribution < -0.4 is 15.2 Å². The zero-order valence-corrected chi connectivity index (χ0v) is 17.4. The summed E-state index contributed by atoms with van der Waals surface area (Å²) in [6, 6.07) is 11.9. The number of anilines is 1. The van der Waals surface area contributed by atoms with Crippen LogP contribution >= 0.6 is 0 Å². The van der Waals surface area contributed by atoms with Gasteiger partial charge in [-0.3, -0.25) is 0 Å². The van der Waals surface area contributed by atoms with Crippen LogP contribution in [0.5, 0.6) is 17.2 Å². The van der Waals surface area contributed by atoms with Crippen LogP contribution in [0.4, 0.5) is 10.2 Å². The zero-order valence-electron chi connectivity index (χ0n) is 17.4. The topological polar surface area (TPSA) is 108 Å². The lowest BCUT2D eigenvalue weighted by Gasteiger charge is -2.10. The average molecular weight is 435 g/mol. The van der Waals surface area contributed by atoms with E-state index in [0.717, 1.165) is 18.4 Å². The van der Waals surface area contributed by atoms with Crippen LogP contribution in [0.25, 0.3) is 22.3 Å². The Balaban J connectivity index is 1.50. The predicted octanol–water partition coefficient (Wildman–Crippen LogP) is 4.10. The molecule has 0 saturated heterocycles. The first-order valence-corrected chi connectivity index (χ1v) is 10.3. The molecule has 2 aromatic carbocycles. The van der Waals surface area contributed by atoms with Crippen molar-refractivity contribution in [3.63, 3.8) is 0 Å². The van der Waals surface area contributed by atoms with E-state index >= 15 is 0 Å². The Morgan fingerprint density at radius 3 is 2.59 bits per heavy atom. The molecule has 0 radical (unpaired) electrons. The maximum absolute atomic E-state index is 14.4. The van der Waals surface area contributed by atoms with Gasteiger partial charge < -0.3 is 20.3 Å². The molecule has 0 spiro atoms. The molecule has 2 heterocycles. The third kappa shape index (κ3) is 3.50. The fourth-order valence-electron chi connectivity index (χ4n) is 4.14. The van der Waals surface area contributed by atoms with E-state index in [1.54, 1.807) is 18.2 Å². The Morgan fingerprint density at radius 2 is 1.88 bits per heavy atom. The summed E-state index contributed by atoms with van der Waals surface area (Å²) >= 11 is 0. The van der Waals surface area contributed by atoms with Crippen molar-refractivity contribution in [1.82, 2.24) is 19.7 Å². The molecule has 0 bridgehead atoms. The maximum atomic E-state index is 14.4. The summed E-state index contributed by atoms with van der Waals surface area (Å²) in [5.41, 5.74) is 8.27. The number of aromatic nitrogens is 4. The third-order valence-corrected chi connectivity index (χ3v) is 5.74. The number of nitrogens with zero attached hydrogens (tertiary/aromatic N) is 4. The molecule has 32 heavy (non-hydrogen) atoms. The molecule has 1 aliphatic carbocycles. The van der Waals surface area contributed by atoms with Crippen molar-refractivity contribution in [2.45, 2.75) is 31.4 Å². The molecule has 2 aromatic heterocycles. The number of ether oxygens (including phenoxy) is 2. The summed E-state index contributed by atoms with van der Waals surface area (Å²) in [6.45, 7) is 0. The fourth-order valence-corrected chi connectivity index (χ4v) is 4.14. The first kappa shape index (κ1) is 20.2. The molecular formula is C23H22FN5O3. The standard InChI is InChI=1S/C23H22FN5O3/c1-31-17-3-2-4-18(20(17)24)32-16-9-5-13(6-10-16)21-19-22(25)26-12-27-23(19)29(28-21)14-7-8-15(30)11-14/h2-6,9-10,12,14-15,30H,7-8,11H2,1H3,(H2,25,26,27). The van der Waals surface area contributed by atoms with Gasteiger partial charge in [0.2, 0.25) is 5.82 Å². The molecule has 9 heteroatoms. The maximum Gasteiger partial charge on any atom is 0.207 e. The SMILES string of the molecule is COc1cccc(Oc2ccc(-c3nn(C4CCC(O)C4)c4ncnc(N)c34)cc2)c1F. The first-order valence-electron chi connectivity index (χ1n) is 10.3. The molecule has 1 fully saturated rings. The largest absolute Gasteiger partial charge is 0.494 e. The Morgan fingerprint density at radius 1 is 1.09 bits per heavy atom. The number of methoxy groups -OCH3 is 1. The smallest absolute Gasteiger partial charge is 0.207 e. The van der Waals surface area contributed by atoms with Crippen LogP contribution in [0.1, 0.15) is 25.3 Å². The highest BCUT2D eigenvalue weighted by atomic mass is 19.1. The number of nitrogens with two attached hydrogens (primary N) is 1. The zero-order chi connectivity index (χ0) is 22.2. The summed E-state index contributed by atoms with van der Waals surface area (Å²) in [7, 11) is 1.40. The summed E-state index contributed by atoms with van der Waals surface area (Å²) in [5.74, 6) is 0.432. The highest BCUT2D eigenvalue weighted by Gasteiger charge is 2.28. The molecule has 4 aromatic rings. The molecule has 0 aliphatic heterocycles. The van der Waals surface area contributed by atoms with E-state index in [0.29, 0.717) is 34.7 Å². The van der Waals surface area contributed by atoms with Crippen molar-refractivity contribution in [2.75, 3.05) is 12.8 Å². The molecule has 3 N–H and O–H groups in total. The Kier molecular flexibility index (Phi) is 5.10. The van der Waals surface area contributed by atoms with Gasteiger partial charge in [0.1, 0.15) is 23.6 Å². The number of halogens is 1. The number of nitrogen functional groups attached to an aromatic ring is 1. The second-order valence-corrected chi connectivity index (χ2v) is 7.77. The highest BCUT2D eigenvalue weighted by Crippen LogP contribution is 2.37. The molecule has 2 unspecified atom stereocenters. The van der Waals surface area contributed by atoms with Crippen molar-refractivity contribution in [1.29, 1.82) is 0 Å². The lowest BCUT2D eigenvalue weighted by molar-refractivity contribution is 0.177. The van der Waals surface area contributed by atoms with E-state index in [1.165, 1.54) is 25.6 Å². The summed E-state index contributed by atoms with van der Waals surface area (Å²) in [4.78, 5) is 8.54. The number of hydrogen-bond donors (Lipinski definition) is 2. The minimum absolute atomic E-state index is 0.0502. The normalized spacial score (nSPS) is 18.2. The van der Waals surface area contributed by atoms with Crippen LogP contribution in [0.3, 0.4) is 0 Å². The molecule has 2 atom stereocenters. The molecular weight excluding hydrogens is 413 g/mol. The van der Waals surface area contributed by atoms with Gasteiger partial charge in [-0.1, -0.05) is 6.07 Å². The number of benzene rings is 2. The summed E-state index contributed by atoms with van der Waals surface area (Å²) < 4.78 is 26.9. The summed E-state index contributed by atoms with van der Waals surface area (Å²) in [6.07, 6.45) is 3.26. The van der Waals surface area contributed by atoms with Gasteiger partial charge in [-0.05, 0) is 55.7 Å². The predicted molar refractivity (Wildman–Crippen MR) is 117 cm³/mol. The third-order valence-electron chi connectivity index (χ3n) is 5.74. The number of aliphatic hydroxyl groups excluding tert-OH is 1. The first-order chi connectivity index (χ1) is 15.5. The Bertz CT molecular complexity index is 1270. The number of rotatable bonds is 5. The van der Waals surface area contributed by atoms with E-state index in [9.17, 15) is 9.50 Å². The van der Waals surface area contributed by atoms with Gasteiger partial charge in [-0.2, -0.15) is 9.49 Å². The van der Waals surface area contributed by atoms with Gasteiger partial charge in [0, 0.05) is 5.56 Å². The molecule has 5 rings (SSSR count). The number of hydrogen-bond acceptors (Lipinski definition) is 7. The van der Waals surface area contributed by atoms with Crippen molar-refractivity contribution < 1.29 is 19.0 Å². The van der Waals surface area contributed by atoms with Gasteiger partial charge in [0.25, 0.3) is 0 Å². The molecule has 0 amide bonds. The average Bonchev–Trinajstić information content (AvgIpc) is 3.40. The lowest BCUT2D eigenvalue weighted by atomic mass is 10.1. The van der Waals surface area contributed by atoms with Crippen LogP contribution in [-0.4, -0.2) is 38.1 Å². The van der Waals surface area contributed by atoms with Crippen molar-refractivity contribution in [3.8, 4) is 28.5 Å². The molecule has 1 saturated carbocycles. The lowest BCUT2D eigenvalue weighted by Crippen LogP contribution is -2.09. The van der Waals surface area contributed by atoms with Crippen LogP contribution in [0.2, 0.25) is 0 Å². The Hall–Kier alpha value is -3.72. The second-order valence-electron chi connectivity index (χ2n) is 7.77. The van der Waals surface area contributed by atoms with Gasteiger partial charge in [0.15, 0.2) is 17.1 Å². The van der Waals surface area contributed by atoms with Crippen molar-refractivity contribution in [2.24, 2.45) is 0 Å². The number of fused-ring (bicyclic) bond motifs is 1. The van der Waals surface area contributed by atoms with Gasteiger partial charge in [-0.15, -0.1) is 0 Å². The second kappa shape index (κ2) is 8.08.